The number of nitrogens with zero attached hydrogens (tertiary/aromatic N) is 5. The van der Waals surface area contributed by atoms with E-state index >= 15 is 0 Å². The Labute approximate surface area is 277 Å². The topological polar surface area (TPSA) is 99.0 Å². The van der Waals surface area contributed by atoms with Gasteiger partial charge in [0.05, 0.1) is 55.0 Å². The molecule has 2 aliphatic heterocycles. The van der Waals surface area contributed by atoms with Crippen LogP contribution in [0.15, 0.2) is 66.9 Å². The number of hydrogen-bond acceptors (Lipinski definition) is 8. The summed E-state index contributed by atoms with van der Waals surface area (Å²) in [7, 11) is 4.66. The molecule has 0 aliphatic carbocycles. The molecule has 2 aliphatic rings. The fourth-order valence-corrected chi connectivity index (χ4v) is 7.28. The lowest BCUT2D eigenvalue weighted by Gasteiger charge is -2.60. The zero-order chi connectivity index (χ0) is 32.9. The lowest BCUT2D eigenvalue weighted by molar-refractivity contribution is -0.157. The van der Waals surface area contributed by atoms with Crippen LogP contribution in [0, 0.1) is 5.41 Å². The Morgan fingerprint density at radius 1 is 0.915 bits per heavy atom. The molecule has 0 atom stereocenters. The number of benzene rings is 3. The number of aldehydes is 1. The number of halogens is 1. The van der Waals surface area contributed by atoms with Gasteiger partial charge in [-0.2, -0.15) is 5.10 Å². The van der Waals surface area contributed by atoms with Gasteiger partial charge >= 0.3 is 0 Å². The molecule has 0 saturated carbocycles. The summed E-state index contributed by atoms with van der Waals surface area (Å²) in [5.41, 5.74) is 6.38. The van der Waals surface area contributed by atoms with E-state index < -0.39 is 0 Å². The molecular formula is C36H34ClN5O5. The standard InChI is InChI=1S/C36H34ClN5O5/c1-22(44)41-20-36(21-41)18-40(19-36)16-23-11-12-30(39-35(23)47-4)27-9-5-8-26(34(27)37)25-7-6-10-31-28(25)15-38-42(31)24-13-32(45-2)29(17-43)33(14-24)46-3/h5-15,17H,16,18-21H2,1-4H3. The van der Waals surface area contributed by atoms with Crippen LogP contribution in [0.3, 0.4) is 0 Å². The van der Waals surface area contributed by atoms with Gasteiger partial charge in [0, 0.05) is 79.3 Å². The number of ether oxygens (including phenoxy) is 3. The van der Waals surface area contributed by atoms with Crippen LogP contribution in [0.4, 0.5) is 0 Å². The van der Waals surface area contributed by atoms with Crippen molar-refractivity contribution < 1.29 is 23.8 Å². The van der Waals surface area contributed by atoms with Crippen molar-refractivity contribution in [2.75, 3.05) is 47.5 Å². The largest absolute Gasteiger partial charge is 0.496 e. The van der Waals surface area contributed by atoms with Gasteiger partial charge < -0.3 is 19.1 Å². The summed E-state index contributed by atoms with van der Waals surface area (Å²) in [4.78, 5) is 32.5. The first-order valence-electron chi connectivity index (χ1n) is 15.3. The van der Waals surface area contributed by atoms with Crippen molar-refractivity contribution in [1.29, 1.82) is 0 Å². The molecular weight excluding hydrogens is 618 g/mol. The molecule has 2 aromatic heterocycles. The van der Waals surface area contributed by atoms with Gasteiger partial charge in [0.2, 0.25) is 11.8 Å². The van der Waals surface area contributed by atoms with E-state index in [2.05, 4.69) is 16.1 Å². The molecule has 7 rings (SSSR count). The summed E-state index contributed by atoms with van der Waals surface area (Å²) in [6.07, 6.45) is 2.52. The highest BCUT2D eigenvalue weighted by Gasteiger charge is 2.52. The maximum atomic E-state index is 11.7. The van der Waals surface area contributed by atoms with Crippen molar-refractivity contribution in [2.45, 2.75) is 13.5 Å². The minimum absolute atomic E-state index is 0.148. The van der Waals surface area contributed by atoms with Crippen LogP contribution in [-0.2, 0) is 11.3 Å². The summed E-state index contributed by atoms with van der Waals surface area (Å²) in [5, 5.41) is 6.16. The maximum absolute atomic E-state index is 11.7. The van der Waals surface area contributed by atoms with Crippen LogP contribution in [0.2, 0.25) is 5.02 Å². The molecule has 2 fully saturated rings. The van der Waals surface area contributed by atoms with E-state index in [4.69, 9.17) is 30.8 Å². The SMILES string of the molecule is COc1cc(-n2ncc3c(-c4cccc(-c5ccc(CN6CC7(C6)CN(C(C)=O)C7)c(OC)n5)c4Cl)cccc32)cc(OC)c1C=O. The number of amides is 1. The third kappa shape index (κ3) is 5.27. The normalized spacial score (nSPS) is 15.3. The Hall–Kier alpha value is -4.93. The van der Waals surface area contributed by atoms with Gasteiger partial charge in [-0.1, -0.05) is 48.0 Å². The monoisotopic (exact) mass is 651 g/mol. The van der Waals surface area contributed by atoms with Gasteiger partial charge in [-0.05, 0) is 17.7 Å². The fourth-order valence-electron chi connectivity index (χ4n) is 6.95. The van der Waals surface area contributed by atoms with Crippen molar-refractivity contribution in [3.8, 4) is 45.5 Å². The van der Waals surface area contributed by atoms with E-state index in [0.717, 1.165) is 72.2 Å². The summed E-state index contributed by atoms with van der Waals surface area (Å²) < 4.78 is 18.5. The third-order valence-electron chi connectivity index (χ3n) is 9.21. The molecule has 0 N–H and O–H groups in total. The molecule has 10 nitrogen and oxygen atoms in total. The number of fused-ring (bicyclic) bond motifs is 1. The van der Waals surface area contributed by atoms with Crippen LogP contribution in [0.5, 0.6) is 17.4 Å². The van der Waals surface area contributed by atoms with E-state index in [1.165, 1.54) is 14.2 Å². The fraction of sp³-hybridized carbons (Fsp3) is 0.278. The zero-order valence-electron chi connectivity index (χ0n) is 26.6. The number of carbonyl (C=O) groups excluding carboxylic acids is 2. The molecule has 1 spiro atoms. The van der Waals surface area contributed by atoms with Gasteiger partial charge in [-0.25, -0.2) is 9.67 Å². The van der Waals surface area contributed by atoms with Crippen LogP contribution < -0.4 is 14.2 Å². The van der Waals surface area contributed by atoms with E-state index in [-0.39, 0.29) is 11.3 Å². The highest BCUT2D eigenvalue weighted by Crippen LogP contribution is 2.42. The number of methoxy groups -OCH3 is 3. The van der Waals surface area contributed by atoms with Gasteiger partial charge in [-0.15, -0.1) is 0 Å². The highest BCUT2D eigenvalue weighted by atomic mass is 35.5. The molecule has 4 heterocycles. The van der Waals surface area contributed by atoms with E-state index in [0.29, 0.717) is 39.3 Å². The Morgan fingerprint density at radius 3 is 2.26 bits per heavy atom. The first-order valence-corrected chi connectivity index (χ1v) is 15.6. The second-order valence-corrected chi connectivity index (χ2v) is 12.6. The third-order valence-corrected chi connectivity index (χ3v) is 9.62. The Kier molecular flexibility index (Phi) is 7.85. The second kappa shape index (κ2) is 12.0. The molecule has 47 heavy (non-hydrogen) atoms. The quantitative estimate of drug-likeness (QED) is 0.182. The number of hydrogen-bond donors (Lipinski definition) is 0. The van der Waals surface area contributed by atoms with Crippen LogP contribution in [-0.4, -0.2) is 84.3 Å². The van der Waals surface area contributed by atoms with Crippen LogP contribution in [0.25, 0.3) is 39.0 Å². The van der Waals surface area contributed by atoms with Crippen LogP contribution >= 0.6 is 11.6 Å². The average molecular weight is 652 g/mol. The minimum atomic E-state index is 0.148. The van der Waals surface area contributed by atoms with Crippen molar-refractivity contribution in [1.82, 2.24) is 24.6 Å². The first-order chi connectivity index (χ1) is 22.8. The van der Waals surface area contributed by atoms with Gasteiger partial charge in [0.25, 0.3) is 0 Å². The number of aromatic nitrogens is 3. The van der Waals surface area contributed by atoms with Gasteiger partial charge in [-0.3, -0.25) is 14.5 Å². The number of pyridine rings is 1. The Bertz CT molecular complexity index is 2000. The summed E-state index contributed by atoms with van der Waals surface area (Å²) in [6.45, 7) is 5.97. The van der Waals surface area contributed by atoms with Gasteiger partial charge in [0.1, 0.15) is 11.5 Å². The van der Waals surface area contributed by atoms with Crippen molar-refractivity contribution in [2.24, 2.45) is 5.41 Å². The summed E-state index contributed by atoms with van der Waals surface area (Å²) in [5.74, 6) is 1.51. The van der Waals surface area contributed by atoms with E-state index in [1.54, 1.807) is 37.0 Å². The average Bonchev–Trinajstić information content (AvgIpc) is 3.49. The second-order valence-electron chi connectivity index (χ2n) is 12.2. The molecule has 11 heteroatoms. The Morgan fingerprint density at radius 2 is 1.60 bits per heavy atom. The van der Waals surface area contributed by atoms with Crippen molar-refractivity contribution >= 4 is 34.7 Å². The zero-order valence-corrected chi connectivity index (χ0v) is 27.4. The lowest BCUT2D eigenvalue weighted by atomic mass is 9.72. The Balaban J connectivity index is 1.18. The number of carbonyl (C=O) groups is 2. The molecule has 0 bridgehead atoms. The molecule has 5 aromatic rings. The van der Waals surface area contributed by atoms with E-state index in [1.807, 2.05) is 47.4 Å². The maximum Gasteiger partial charge on any atom is 0.219 e. The molecule has 1 amide bonds. The predicted octanol–water partition coefficient (Wildman–Crippen LogP) is 5.91. The predicted molar refractivity (Wildman–Crippen MR) is 180 cm³/mol. The first kappa shape index (κ1) is 30.7. The summed E-state index contributed by atoms with van der Waals surface area (Å²) >= 11 is 7.14. The van der Waals surface area contributed by atoms with E-state index in [9.17, 15) is 9.59 Å². The lowest BCUT2D eigenvalue weighted by Crippen LogP contribution is -2.72. The molecule has 3 aromatic carbocycles. The summed E-state index contributed by atoms with van der Waals surface area (Å²) in [6, 6.07) is 19.4. The minimum Gasteiger partial charge on any atom is -0.496 e. The molecule has 0 unspecified atom stereocenters. The van der Waals surface area contributed by atoms with Crippen molar-refractivity contribution in [3.05, 3.63) is 83.0 Å². The van der Waals surface area contributed by atoms with Crippen molar-refractivity contribution in [3.63, 3.8) is 0 Å². The van der Waals surface area contributed by atoms with Crippen LogP contribution in [0.1, 0.15) is 22.8 Å². The molecule has 240 valence electrons. The molecule has 0 radical (unpaired) electrons. The number of rotatable bonds is 9. The molecule has 2 saturated heterocycles. The smallest absolute Gasteiger partial charge is 0.219 e. The number of likely N-dealkylation sites (tertiary alicyclic amines) is 2. The highest BCUT2D eigenvalue weighted by molar-refractivity contribution is 6.36. The van der Waals surface area contributed by atoms with Gasteiger partial charge in [0.15, 0.2) is 6.29 Å².